The molecule has 0 radical (unpaired) electrons. The molecule has 140 valence electrons. The number of rotatable bonds is 6. The van der Waals surface area contributed by atoms with E-state index >= 15 is 0 Å². The molecule has 6 nitrogen and oxygen atoms in total. The molecular weight excluding hydrogens is 403 g/mol. The monoisotopic (exact) mass is 413 g/mol. The van der Waals surface area contributed by atoms with Gasteiger partial charge in [0.05, 0.1) is 15.9 Å². The van der Waals surface area contributed by atoms with Crippen molar-refractivity contribution >= 4 is 45.7 Å². The maximum atomic E-state index is 12.1. The number of hydrogen-bond donors (Lipinski definition) is 1. The van der Waals surface area contributed by atoms with E-state index in [4.69, 9.17) is 27.9 Å². The van der Waals surface area contributed by atoms with E-state index in [0.717, 1.165) is 0 Å². The number of nitrogens with zero attached hydrogens (tertiary/aromatic N) is 2. The van der Waals surface area contributed by atoms with Gasteiger partial charge >= 0.3 is 6.61 Å². The number of hydrogen-bond acceptors (Lipinski definition) is 5. The topological polar surface area (TPSA) is 73.3 Å². The van der Waals surface area contributed by atoms with E-state index < -0.39 is 12.5 Å². The highest BCUT2D eigenvalue weighted by Crippen LogP contribution is 2.30. The first kappa shape index (κ1) is 19.1. The summed E-state index contributed by atoms with van der Waals surface area (Å²) >= 11 is 12.1. The van der Waals surface area contributed by atoms with Gasteiger partial charge in [0.2, 0.25) is 5.88 Å². The number of carbonyl (C=O) groups is 1. The van der Waals surface area contributed by atoms with Crippen LogP contribution in [0.4, 0.5) is 14.5 Å². The molecule has 0 saturated heterocycles. The Kier molecular flexibility index (Phi) is 5.88. The number of amides is 1. The van der Waals surface area contributed by atoms with Gasteiger partial charge in [0.1, 0.15) is 12.1 Å². The summed E-state index contributed by atoms with van der Waals surface area (Å²) in [6, 6.07) is 8.59. The molecule has 1 amide bonds. The Morgan fingerprint density at radius 2 is 1.89 bits per heavy atom. The summed E-state index contributed by atoms with van der Waals surface area (Å²) < 4.78 is 33.9. The summed E-state index contributed by atoms with van der Waals surface area (Å²) in [5, 5.41) is 3.74. The molecule has 0 bridgehead atoms. The highest BCUT2D eigenvalue weighted by atomic mass is 35.5. The zero-order valence-corrected chi connectivity index (χ0v) is 15.0. The molecule has 0 atom stereocenters. The van der Waals surface area contributed by atoms with E-state index in [0.29, 0.717) is 26.6 Å². The van der Waals surface area contributed by atoms with Crippen molar-refractivity contribution < 1.29 is 23.0 Å². The van der Waals surface area contributed by atoms with Crippen LogP contribution in [0.1, 0.15) is 0 Å². The van der Waals surface area contributed by atoms with Crippen LogP contribution in [0.15, 0.2) is 42.7 Å². The number of alkyl halides is 2. The molecule has 0 saturated carbocycles. The Hall–Kier alpha value is -2.71. The zero-order valence-electron chi connectivity index (χ0n) is 13.5. The molecule has 1 aromatic heterocycles. The van der Waals surface area contributed by atoms with E-state index in [2.05, 4.69) is 20.0 Å². The second-order valence-corrected chi connectivity index (χ2v) is 6.05. The van der Waals surface area contributed by atoms with E-state index in [9.17, 15) is 13.6 Å². The van der Waals surface area contributed by atoms with Gasteiger partial charge in [-0.2, -0.15) is 8.78 Å². The van der Waals surface area contributed by atoms with Crippen molar-refractivity contribution in [3.8, 4) is 11.6 Å². The molecule has 10 heteroatoms. The van der Waals surface area contributed by atoms with Crippen molar-refractivity contribution in [2.45, 2.75) is 6.61 Å². The van der Waals surface area contributed by atoms with Crippen LogP contribution in [-0.4, -0.2) is 29.1 Å². The average Bonchev–Trinajstić information content (AvgIpc) is 2.61. The van der Waals surface area contributed by atoms with E-state index in [1.165, 1.54) is 36.7 Å². The van der Waals surface area contributed by atoms with Gasteiger partial charge in [0, 0.05) is 10.7 Å². The summed E-state index contributed by atoms with van der Waals surface area (Å²) in [5.41, 5.74) is 0.838. The number of fused-ring (bicyclic) bond motifs is 1. The summed E-state index contributed by atoms with van der Waals surface area (Å²) in [7, 11) is 0. The lowest BCUT2D eigenvalue weighted by Gasteiger charge is -2.10. The predicted molar refractivity (Wildman–Crippen MR) is 96.8 cm³/mol. The number of anilines is 1. The van der Waals surface area contributed by atoms with Crippen LogP contribution in [0.25, 0.3) is 10.9 Å². The molecule has 0 aliphatic heterocycles. The molecule has 0 fully saturated rings. The molecule has 0 unspecified atom stereocenters. The minimum Gasteiger partial charge on any atom is -0.467 e. The first-order valence-corrected chi connectivity index (χ1v) is 8.25. The Morgan fingerprint density at radius 1 is 1.15 bits per heavy atom. The summed E-state index contributed by atoms with van der Waals surface area (Å²) in [6.07, 6.45) is 1.26. The van der Waals surface area contributed by atoms with Gasteiger partial charge in [0.25, 0.3) is 5.91 Å². The lowest BCUT2D eigenvalue weighted by atomic mass is 10.2. The second kappa shape index (κ2) is 8.32. The van der Waals surface area contributed by atoms with Crippen LogP contribution in [0.5, 0.6) is 11.6 Å². The lowest BCUT2D eigenvalue weighted by molar-refractivity contribution is -0.118. The predicted octanol–water partition coefficient (Wildman–Crippen LogP) is 4.56. The largest absolute Gasteiger partial charge is 0.467 e. The highest BCUT2D eigenvalue weighted by molar-refractivity contribution is 6.38. The first-order chi connectivity index (χ1) is 12.9. The fourth-order valence-corrected chi connectivity index (χ4v) is 2.78. The van der Waals surface area contributed by atoms with Crippen molar-refractivity contribution in [3.63, 3.8) is 0 Å². The van der Waals surface area contributed by atoms with Gasteiger partial charge < -0.3 is 14.8 Å². The Bertz CT molecular complexity index is 972. The van der Waals surface area contributed by atoms with Gasteiger partial charge in [-0.1, -0.05) is 23.2 Å². The maximum absolute atomic E-state index is 12.1. The molecule has 0 aliphatic rings. The average molecular weight is 414 g/mol. The van der Waals surface area contributed by atoms with Crippen LogP contribution in [0.2, 0.25) is 10.0 Å². The summed E-state index contributed by atoms with van der Waals surface area (Å²) in [6.45, 7) is -3.26. The van der Waals surface area contributed by atoms with Crippen LogP contribution in [0.3, 0.4) is 0 Å². The Balaban J connectivity index is 1.65. The van der Waals surface area contributed by atoms with Gasteiger partial charge in [-0.05, 0) is 36.4 Å². The third-order valence-corrected chi connectivity index (χ3v) is 3.83. The maximum Gasteiger partial charge on any atom is 0.387 e. The molecule has 0 aliphatic carbocycles. The standard InChI is InChI=1S/C17H11Cl2F2N3O3/c18-9-5-12-15(13(19)6-9)22-8-23-16(12)26-7-14(25)24-10-1-3-11(4-2-10)27-17(20)21/h1-6,8,17H,7H2,(H,24,25). The van der Waals surface area contributed by atoms with Crippen molar-refractivity contribution in [1.29, 1.82) is 0 Å². The Morgan fingerprint density at radius 3 is 2.59 bits per heavy atom. The SMILES string of the molecule is O=C(COc1ncnc2c(Cl)cc(Cl)cc12)Nc1ccc(OC(F)F)cc1. The third kappa shape index (κ3) is 4.93. The number of nitrogens with one attached hydrogen (secondary N) is 1. The number of ether oxygens (including phenoxy) is 2. The number of aromatic nitrogens is 2. The Labute approximate surface area is 162 Å². The quantitative estimate of drug-likeness (QED) is 0.641. The third-order valence-electron chi connectivity index (χ3n) is 3.32. The van der Waals surface area contributed by atoms with Crippen molar-refractivity contribution in [2.24, 2.45) is 0 Å². The summed E-state index contributed by atoms with van der Waals surface area (Å²) in [4.78, 5) is 20.1. The van der Waals surface area contributed by atoms with E-state index in [1.807, 2.05) is 0 Å². The lowest BCUT2D eigenvalue weighted by Crippen LogP contribution is -2.20. The highest BCUT2D eigenvalue weighted by Gasteiger charge is 2.12. The fraction of sp³-hybridized carbons (Fsp3) is 0.118. The molecule has 0 spiro atoms. The second-order valence-electron chi connectivity index (χ2n) is 5.20. The molecular formula is C17H11Cl2F2N3O3. The minimum absolute atomic E-state index is 0.0135. The molecule has 3 rings (SSSR count). The van der Waals surface area contributed by atoms with Crippen molar-refractivity contribution in [2.75, 3.05) is 11.9 Å². The minimum atomic E-state index is -2.91. The molecule has 3 aromatic rings. The number of halogens is 4. The molecule has 1 heterocycles. The van der Waals surface area contributed by atoms with Gasteiger partial charge in [0.15, 0.2) is 6.61 Å². The normalized spacial score (nSPS) is 10.9. The number of carbonyl (C=O) groups excluding carboxylic acids is 1. The number of benzene rings is 2. The zero-order chi connectivity index (χ0) is 19.4. The molecule has 1 N–H and O–H groups in total. The fourth-order valence-electron chi connectivity index (χ4n) is 2.23. The van der Waals surface area contributed by atoms with E-state index in [-0.39, 0.29) is 18.2 Å². The van der Waals surface area contributed by atoms with Gasteiger partial charge in [-0.25, -0.2) is 9.97 Å². The molecule has 2 aromatic carbocycles. The molecule has 27 heavy (non-hydrogen) atoms. The van der Waals surface area contributed by atoms with Gasteiger partial charge in [-0.15, -0.1) is 0 Å². The van der Waals surface area contributed by atoms with Crippen molar-refractivity contribution in [1.82, 2.24) is 9.97 Å². The van der Waals surface area contributed by atoms with E-state index in [1.54, 1.807) is 6.07 Å². The van der Waals surface area contributed by atoms with Crippen LogP contribution < -0.4 is 14.8 Å². The smallest absolute Gasteiger partial charge is 0.387 e. The summed E-state index contributed by atoms with van der Waals surface area (Å²) in [5.74, 6) is -0.335. The van der Waals surface area contributed by atoms with Crippen LogP contribution >= 0.6 is 23.2 Å². The van der Waals surface area contributed by atoms with Crippen molar-refractivity contribution in [3.05, 3.63) is 52.8 Å². The van der Waals surface area contributed by atoms with Crippen LogP contribution in [0, 0.1) is 0 Å². The van der Waals surface area contributed by atoms with Crippen LogP contribution in [-0.2, 0) is 4.79 Å². The van der Waals surface area contributed by atoms with Gasteiger partial charge in [-0.3, -0.25) is 4.79 Å². The first-order valence-electron chi connectivity index (χ1n) is 7.49.